The Hall–Kier alpha value is -1.84. The lowest BCUT2D eigenvalue weighted by Gasteiger charge is -2.17. The van der Waals surface area contributed by atoms with Crippen LogP contribution in [0.3, 0.4) is 0 Å². The van der Waals surface area contributed by atoms with Crippen molar-refractivity contribution < 1.29 is 14.3 Å². The number of hydrogen-bond donors (Lipinski definition) is 1. The molecule has 0 saturated carbocycles. The Morgan fingerprint density at radius 1 is 1.29 bits per heavy atom. The largest absolute Gasteiger partial charge is 0.466 e. The van der Waals surface area contributed by atoms with Crippen molar-refractivity contribution in [1.82, 2.24) is 5.32 Å². The lowest BCUT2D eigenvalue weighted by atomic mass is 10.0. The summed E-state index contributed by atoms with van der Waals surface area (Å²) < 4.78 is 4.89. The van der Waals surface area contributed by atoms with Crippen molar-refractivity contribution >= 4 is 11.9 Å². The Labute approximate surface area is 101 Å². The van der Waals surface area contributed by atoms with Crippen molar-refractivity contribution in [3.05, 3.63) is 35.9 Å². The van der Waals surface area contributed by atoms with Crippen molar-refractivity contribution in [2.45, 2.75) is 26.3 Å². The molecular formula is C13H17NO3. The first-order valence-corrected chi connectivity index (χ1v) is 5.61. The van der Waals surface area contributed by atoms with Crippen LogP contribution >= 0.6 is 0 Å². The van der Waals surface area contributed by atoms with E-state index in [-0.39, 0.29) is 24.3 Å². The Kier molecular flexibility index (Phi) is 5.20. The molecule has 1 aromatic rings. The molecule has 1 atom stereocenters. The van der Waals surface area contributed by atoms with Gasteiger partial charge in [-0.3, -0.25) is 9.59 Å². The van der Waals surface area contributed by atoms with E-state index in [0.29, 0.717) is 6.61 Å². The number of hydrogen-bond acceptors (Lipinski definition) is 3. The highest BCUT2D eigenvalue weighted by atomic mass is 16.5. The molecule has 0 bridgehead atoms. The summed E-state index contributed by atoms with van der Waals surface area (Å²) in [5.41, 5.74) is 0.899. The highest BCUT2D eigenvalue weighted by Crippen LogP contribution is 2.16. The fourth-order valence-corrected chi connectivity index (χ4v) is 1.57. The zero-order valence-corrected chi connectivity index (χ0v) is 10.1. The van der Waals surface area contributed by atoms with Gasteiger partial charge in [-0.05, 0) is 12.5 Å². The van der Waals surface area contributed by atoms with Gasteiger partial charge in [0.25, 0.3) is 0 Å². The first-order valence-electron chi connectivity index (χ1n) is 5.61. The average Bonchev–Trinajstić information content (AvgIpc) is 2.29. The zero-order chi connectivity index (χ0) is 12.7. The summed E-state index contributed by atoms with van der Waals surface area (Å²) in [6.45, 7) is 3.54. The monoisotopic (exact) mass is 235 g/mol. The smallest absolute Gasteiger partial charge is 0.308 e. The summed E-state index contributed by atoms with van der Waals surface area (Å²) in [4.78, 5) is 22.5. The predicted molar refractivity (Wildman–Crippen MR) is 64.2 cm³/mol. The van der Waals surface area contributed by atoms with Gasteiger partial charge >= 0.3 is 5.97 Å². The van der Waals surface area contributed by atoms with Gasteiger partial charge < -0.3 is 10.1 Å². The van der Waals surface area contributed by atoms with Crippen LogP contribution in [0.5, 0.6) is 0 Å². The summed E-state index contributed by atoms with van der Waals surface area (Å²) >= 11 is 0. The fourth-order valence-electron chi connectivity index (χ4n) is 1.57. The molecule has 0 aliphatic rings. The third-order valence-electron chi connectivity index (χ3n) is 2.26. The van der Waals surface area contributed by atoms with Crippen LogP contribution < -0.4 is 5.32 Å². The fraction of sp³-hybridized carbons (Fsp3) is 0.385. The van der Waals surface area contributed by atoms with E-state index in [2.05, 4.69) is 5.32 Å². The van der Waals surface area contributed by atoms with E-state index in [9.17, 15) is 9.59 Å². The molecule has 0 fully saturated rings. The second-order valence-corrected chi connectivity index (χ2v) is 3.67. The third kappa shape index (κ3) is 4.68. The number of rotatable bonds is 5. The number of amides is 1. The van der Waals surface area contributed by atoms with Gasteiger partial charge in [-0.2, -0.15) is 0 Å². The molecule has 0 radical (unpaired) electrons. The van der Waals surface area contributed by atoms with E-state index in [4.69, 9.17) is 4.74 Å². The van der Waals surface area contributed by atoms with Gasteiger partial charge in [0, 0.05) is 6.92 Å². The maximum Gasteiger partial charge on any atom is 0.308 e. The Morgan fingerprint density at radius 2 is 1.94 bits per heavy atom. The zero-order valence-electron chi connectivity index (χ0n) is 10.1. The molecule has 4 nitrogen and oxygen atoms in total. The topological polar surface area (TPSA) is 55.4 Å². The number of esters is 1. The molecule has 0 spiro atoms. The van der Waals surface area contributed by atoms with Gasteiger partial charge in [0.15, 0.2) is 0 Å². The molecule has 1 N–H and O–H groups in total. The molecule has 4 heteroatoms. The lowest BCUT2D eigenvalue weighted by molar-refractivity contribution is -0.143. The van der Waals surface area contributed by atoms with Crippen LogP contribution in [0.25, 0.3) is 0 Å². The van der Waals surface area contributed by atoms with E-state index < -0.39 is 0 Å². The maximum atomic E-state index is 11.4. The van der Waals surface area contributed by atoms with Crippen molar-refractivity contribution in [3.63, 3.8) is 0 Å². The van der Waals surface area contributed by atoms with Crippen molar-refractivity contribution in [2.24, 2.45) is 0 Å². The first kappa shape index (κ1) is 13.2. The Bertz CT molecular complexity index is 376. The molecule has 17 heavy (non-hydrogen) atoms. The van der Waals surface area contributed by atoms with Crippen LogP contribution in [0.4, 0.5) is 0 Å². The Balaban J connectivity index is 2.74. The summed E-state index contributed by atoms with van der Waals surface area (Å²) in [6.07, 6.45) is 0.150. The van der Waals surface area contributed by atoms with Crippen LogP contribution in [0.15, 0.2) is 30.3 Å². The standard InChI is InChI=1S/C13H17NO3/c1-3-17-13(16)9-12(14-10(2)15)11-7-5-4-6-8-11/h4-8,12H,3,9H2,1-2H3,(H,14,15)/t12-/m0/s1. The van der Waals surface area contributed by atoms with Gasteiger partial charge in [0.05, 0.1) is 19.1 Å². The van der Waals surface area contributed by atoms with Gasteiger partial charge in [-0.15, -0.1) is 0 Å². The molecule has 0 aliphatic carbocycles. The van der Waals surface area contributed by atoms with E-state index in [1.807, 2.05) is 30.3 Å². The van der Waals surface area contributed by atoms with Crippen LogP contribution in [0.2, 0.25) is 0 Å². The number of carbonyl (C=O) groups excluding carboxylic acids is 2. The molecule has 0 aliphatic heterocycles. The van der Waals surface area contributed by atoms with Crippen molar-refractivity contribution in [2.75, 3.05) is 6.61 Å². The van der Waals surface area contributed by atoms with Crippen LogP contribution in [0, 0.1) is 0 Å². The van der Waals surface area contributed by atoms with Gasteiger partial charge in [0.2, 0.25) is 5.91 Å². The third-order valence-corrected chi connectivity index (χ3v) is 2.26. The minimum absolute atomic E-state index is 0.150. The summed E-state index contributed by atoms with van der Waals surface area (Å²) in [5.74, 6) is -0.474. The van der Waals surface area contributed by atoms with Gasteiger partial charge in [0.1, 0.15) is 0 Å². The second-order valence-electron chi connectivity index (χ2n) is 3.67. The van der Waals surface area contributed by atoms with Crippen LogP contribution in [-0.4, -0.2) is 18.5 Å². The van der Waals surface area contributed by atoms with Crippen LogP contribution in [-0.2, 0) is 14.3 Å². The predicted octanol–water partition coefficient (Wildman–Crippen LogP) is 1.82. The van der Waals surface area contributed by atoms with E-state index in [1.54, 1.807) is 6.92 Å². The molecule has 0 heterocycles. The summed E-state index contributed by atoms with van der Waals surface area (Å²) in [6, 6.07) is 9.05. The van der Waals surface area contributed by atoms with Gasteiger partial charge in [-0.25, -0.2) is 0 Å². The molecule has 1 aromatic carbocycles. The lowest BCUT2D eigenvalue weighted by Crippen LogP contribution is -2.28. The molecule has 0 unspecified atom stereocenters. The quantitative estimate of drug-likeness (QED) is 0.792. The van der Waals surface area contributed by atoms with E-state index in [1.165, 1.54) is 6.92 Å². The number of carbonyl (C=O) groups is 2. The molecule has 0 saturated heterocycles. The number of nitrogens with one attached hydrogen (secondary N) is 1. The Morgan fingerprint density at radius 3 is 2.47 bits per heavy atom. The molecular weight excluding hydrogens is 218 g/mol. The van der Waals surface area contributed by atoms with Crippen LogP contribution in [0.1, 0.15) is 31.9 Å². The number of benzene rings is 1. The SMILES string of the molecule is CCOC(=O)C[C@H](NC(C)=O)c1ccccc1. The minimum atomic E-state index is -0.326. The molecule has 92 valence electrons. The van der Waals surface area contributed by atoms with E-state index >= 15 is 0 Å². The summed E-state index contributed by atoms with van der Waals surface area (Å²) in [5, 5.41) is 2.75. The minimum Gasteiger partial charge on any atom is -0.466 e. The highest BCUT2D eigenvalue weighted by Gasteiger charge is 2.17. The summed E-state index contributed by atoms with van der Waals surface area (Å²) in [7, 11) is 0. The van der Waals surface area contributed by atoms with E-state index in [0.717, 1.165) is 5.56 Å². The molecule has 0 aromatic heterocycles. The highest BCUT2D eigenvalue weighted by molar-refractivity contribution is 5.76. The van der Waals surface area contributed by atoms with Crippen molar-refractivity contribution in [3.8, 4) is 0 Å². The van der Waals surface area contributed by atoms with Gasteiger partial charge in [-0.1, -0.05) is 30.3 Å². The maximum absolute atomic E-state index is 11.4. The normalized spacial score (nSPS) is 11.6. The molecule has 1 rings (SSSR count). The molecule has 1 amide bonds. The number of ether oxygens (including phenoxy) is 1. The van der Waals surface area contributed by atoms with Crippen molar-refractivity contribution in [1.29, 1.82) is 0 Å². The average molecular weight is 235 g/mol. The first-order chi connectivity index (χ1) is 8.13. The second kappa shape index (κ2) is 6.68.